The summed E-state index contributed by atoms with van der Waals surface area (Å²) in [6.45, 7) is 6.39. The topological polar surface area (TPSA) is 52.0 Å². The van der Waals surface area contributed by atoms with Crippen molar-refractivity contribution in [3.8, 4) is 0 Å². The lowest BCUT2D eigenvalue weighted by molar-refractivity contribution is 0.236. The van der Waals surface area contributed by atoms with Crippen LogP contribution in [0.5, 0.6) is 0 Å². The number of hydrogen-bond donors (Lipinski definition) is 2. The molecule has 2 heteroatoms. The van der Waals surface area contributed by atoms with E-state index in [9.17, 15) is 0 Å². The van der Waals surface area contributed by atoms with Gasteiger partial charge in [-0.25, -0.2) is 0 Å². The van der Waals surface area contributed by atoms with Crippen LogP contribution in [0.25, 0.3) is 0 Å². The lowest BCUT2D eigenvalue weighted by atomic mass is 9.78. The average Bonchev–Trinajstić information content (AvgIpc) is 2.89. The Labute approximate surface area is 229 Å². The van der Waals surface area contributed by atoms with E-state index in [-0.39, 0.29) is 0 Å². The molecule has 0 fully saturated rings. The van der Waals surface area contributed by atoms with Gasteiger partial charge in [-0.05, 0) is 37.8 Å². The predicted octanol–water partition coefficient (Wildman–Crippen LogP) is 11.1. The molecule has 0 spiro atoms. The molecule has 0 saturated heterocycles. The maximum Gasteiger partial charge on any atom is -0.00773 e. The van der Waals surface area contributed by atoms with E-state index < -0.39 is 0 Å². The fourth-order valence-electron chi connectivity index (χ4n) is 6.12. The highest BCUT2D eigenvalue weighted by atomic mass is 14.5. The molecular weight excluding hydrogens is 436 g/mol. The van der Waals surface area contributed by atoms with Gasteiger partial charge in [-0.3, -0.25) is 0 Å². The zero-order valence-electron chi connectivity index (χ0n) is 25.5. The molecule has 2 unspecified atom stereocenters. The summed E-state index contributed by atoms with van der Waals surface area (Å²) in [7, 11) is 0. The second-order valence-corrected chi connectivity index (χ2v) is 12.0. The minimum Gasteiger partial charge on any atom is -0.330 e. The lowest BCUT2D eigenvalue weighted by Crippen LogP contribution is -2.16. The molecule has 0 aliphatic carbocycles. The normalized spacial score (nSPS) is 13.3. The highest BCUT2D eigenvalue weighted by Crippen LogP contribution is 2.33. The molecule has 0 bridgehead atoms. The SMILES string of the molecule is CCCCCCCCCC(CCCCCCCN)C(CCCCCCCC)CCCCCCCCN. The summed E-state index contributed by atoms with van der Waals surface area (Å²) >= 11 is 0. The standard InChI is InChI=1S/C34H72N2/c1-3-5-7-9-11-16-22-28-34(30-24-18-14-20-26-32-36)33(27-21-15-10-8-6-4-2)29-23-17-12-13-19-25-31-35/h33-34H,3-32,35-36H2,1-2H3. The molecule has 218 valence electrons. The van der Waals surface area contributed by atoms with Crippen molar-refractivity contribution < 1.29 is 0 Å². The third-order valence-corrected chi connectivity index (χ3v) is 8.58. The first-order valence-corrected chi connectivity index (χ1v) is 17.2. The van der Waals surface area contributed by atoms with Gasteiger partial charge >= 0.3 is 0 Å². The van der Waals surface area contributed by atoms with Gasteiger partial charge in [0.15, 0.2) is 0 Å². The van der Waals surface area contributed by atoms with E-state index in [0.717, 1.165) is 24.9 Å². The van der Waals surface area contributed by atoms with Gasteiger partial charge in [0.25, 0.3) is 0 Å². The summed E-state index contributed by atoms with van der Waals surface area (Å²) in [5.41, 5.74) is 11.4. The molecule has 0 amide bonds. The Balaban J connectivity index is 4.68. The molecule has 36 heavy (non-hydrogen) atoms. The van der Waals surface area contributed by atoms with Crippen LogP contribution in [-0.2, 0) is 0 Å². The van der Waals surface area contributed by atoms with Gasteiger partial charge in [-0.15, -0.1) is 0 Å². The molecule has 2 nitrogen and oxygen atoms in total. The Bertz CT molecular complexity index is 347. The van der Waals surface area contributed by atoms with Crippen LogP contribution in [-0.4, -0.2) is 13.1 Å². The minimum atomic E-state index is 0.868. The van der Waals surface area contributed by atoms with Gasteiger partial charge < -0.3 is 11.5 Å². The molecule has 0 aromatic carbocycles. The monoisotopic (exact) mass is 509 g/mol. The largest absolute Gasteiger partial charge is 0.330 e. The summed E-state index contributed by atoms with van der Waals surface area (Å²) in [5.74, 6) is 1.98. The van der Waals surface area contributed by atoms with Gasteiger partial charge in [0, 0.05) is 0 Å². The van der Waals surface area contributed by atoms with E-state index in [1.807, 2.05) is 0 Å². The van der Waals surface area contributed by atoms with Crippen molar-refractivity contribution >= 4 is 0 Å². The van der Waals surface area contributed by atoms with Crippen LogP contribution < -0.4 is 11.5 Å². The number of hydrogen-bond acceptors (Lipinski definition) is 2. The summed E-state index contributed by atoms with van der Waals surface area (Å²) < 4.78 is 0. The van der Waals surface area contributed by atoms with Crippen LogP contribution in [0, 0.1) is 11.8 Å². The maximum atomic E-state index is 5.71. The van der Waals surface area contributed by atoms with E-state index in [0.29, 0.717) is 0 Å². The van der Waals surface area contributed by atoms with Crippen molar-refractivity contribution in [1.29, 1.82) is 0 Å². The smallest absolute Gasteiger partial charge is 0.00773 e. The fraction of sp³-hybridized carbons (Fsp3) is 1.00. The highest BCUT2D eigenvalue weighted by Gasteiger charge is 2.20. The summed E-state index contributed by atoms with van der Waals surface area (Å²) in [4.78, 5) is 0. The van der Waals surface area contributed by atoms with Crippen LogP contribution >= 0.6 is 0 Å². The van der Waals surface area contributed by atoms with E-state index in [1.165, 1.54) is 180 Å². The second-order valence-electron chi connectivity index (χ2n) is 12.0. The third kappa shape index (κ3) is 25.6. The minimum absolute atomic E-state index is 0.868. The quantitative estimate of drug-likeness (QED) is 0.0914. The molecule has 0 radical (unpaired) electrons. The zero-order chi connectivity index (χ0) is 26.4. The Hall–Kier alpha value is -0.0800. The van der Waals surface area contributed by atoms with Crippen LogP contribution in [0.4, 0.5) is 0 Å². The van der Waals surface area contributed by atoms with Gasteiger partial charge in [-0.2, -0.15) is 0 Å². The van der Waals surface area contributed by atoms with Crippen molar-refractivity contribution in [1.82, 2.24) is 0 Å². The van der Waals surface area contributed by atoms with Crippen molar-refractivity contribution in [3.63, 3.8) is 0 Å². The van der Waals surface area contributed by atoms with Crippen LogP contribution in [0.15, 0.2) is 0 Å². The molecule has 0 heterocycles. The van der Waals surface area contributed by atoms with E-state index >= 15 is 0 Å². The molecule has 0 aromatic rings. The summed E-state index contributed by atoms with van der Waals surface area (Å²) in [5, 5.41) is 0. The van der Waals surface area contributed by atoms with Crippen molar-refractivity contribution in [2.24, 2.45) is 23.3 Å². The van der Waals surface area contributed by atoms with Crippen molar-refractivity contribution in [3.05, 3.63) is 0 Å². The van der Waals surface area contributed by atoms with Crippen molar-refractivity contribution in [2.45, 2.75) is 194 Å². The van der Waals surface area contributed by atoms with Crippen LogP contribution in [0.2, 0.25) is 0 Å². The Morgan fingerprint density at radius 2 is 0.528 bits per heavy atom. The van der Waals surface area contributed by atoms with Gasteiger partial charge in [-0.1, -0.05) is 181 Å². The first kappa shape index (κ1) is 35.9. The molecule has 0 aliphatic heterocycles. The fourth-order valence-corrected chi connectivity index (χ4v) is 6.12. The second kappa shape index (κ2) is 31.1. The number of unbranched alkanes of at least 4 members (excludes halogenated alkanes) is 20. The van der Waals surface area contributed by atoms with Gasteiger partial charge in [0.1, 0.15) is 0 Å². The van der Waals surface area contributed by atoms with Crippen LogP contribution in [0.1, 0.15) is 194 Å². The third-order valence-electron chi connectivity index (χ3n) is 8.58. The molecule has 0 aromatic heterocycles. The first-order chi connectivity index (χ1) is 17.8. The average molecular weight is 509 g/mol. The first-order valence-electron chi connectivity index (χ1n) is 17.2. The van der Waals surface area contributed by atoms with Crippen LogP contribution in [0.3, 0.4) is 0 Å². The maximum absolute atomic E-state index is 5.71. The predicted molar refractivity (Wildman–Crippen MR) is 166 cm³/mol. The molecule has 4 N–H and O–H groups in total. The van der Waals surface area contributed by atoms with Gasteiger partial charge in [0.2, 0.25) is 0 Å². The number of nitrogens with two attached hydrogens (primary N) is 2. The Morgan fingerprint density at radius 3 is 0.778 bits per heavy atom. The van der Waals surface area contributed by atoms with E-state index in [4.69, 9.17) is 11.5 Å². The highest BCUT2D eigenvalue weighted by molar-refractivity contribution is 4.72. The molecule has 0 aliphatic rings. The van der Waals surface area contributed by atoms with Crippen molar-refractivity contribution in [2.75, 3.05) is 13.1 Å². The van der Waals surface area contributed by atoms with Gasteiger partial charge in [0.05, 0.1) is 0 Å². The molecule has 0 rings (SSSR count). The van der Waals surface area contributed by atoms with E-state index in [1.54, 1.807) is 0 Å². The Morgan fingerprint density at radius 1 is 0.306 bits per heavy atom. The molecule has 0 saturated carbocycles. The zero-order valence-corrected chi connectivity index (χ0v) is 25.5. The molecule has 2 atom stereocenters. The Kier molecular flexibility index (Phi) is 31.1. The molecular formula is C34H72N2. The van der Waals surface area contributed by atoms with E-state index in [2.05, 4.69) is 13.8 Å². The lowest BCUT2D eigenvalue weighted by Gasteiger charge is -2.28. The summed E-state index contributed by atoms with van der Waals surface area (Å²) in [6.07, 6.45) is 39.9. The summed E-state index contributed by atoms with van der Waals surface area (Å²) in [6, 6.07) is 0. The number of rotatable bonds is 31.